The van der Waals surface area contributed by atoms with Crippen molar-refractivity contribution < 1.29 is 4.74 Å². The highest BCUT2D eigenvalue weighted by atomic mass is 32.2. The highest BCUT2D eigenvalue weighted by Gasteiger charge is 2.30. The second-order valence-corrected chi connectivity index (χ2v) is 11.8. The molecular weight excluding hydrogens is 458 g/mol. The molecule has 0 radical (unpaired) electrons. The fraction of sp³-hybridized carbons (Fsp3) is 0.273. The maximum Gasteiger partial charge on any atom is 0.142 e. The van der Waals surface area contributed by atoms with E-state index in [-0.39, 0.29) is 5.41 Å². The van der Waals surface area contributed by atoms with E-state index in [9.17, 15) is 0 Å². The normalized spacial score (nSPS) is 13.9. The van der Waals surface area contributed by atoms with E-state index in [0.717, 1.165) is 17.9 Å². The zero-order chi connectivity index (χ0) is 25.2. The Kier molecular flexibility index (Phi) is 5.46. The number of fused-ring (bicyclic) bond motifs is 5. The number of ether oxygens (including phenoxy) is 1. The van der Waals surface area contributed by atoms with Crippen molar-refractivity contribution in [3.05, 3.63) is 95.1 Å². The van der Waals surface area contributed by atoms with E-state index in [1.165, 1.54) is 53.9 Å². The molecule has 3 heteroatoms. The SMILES string of the molecule is CCC(C)c1cc2c(cc1C(C)(C)c1ccccc1C)c1cc3c(cc1n2C)Sc1ccccc1O3. The van der Waals surface area contributed by atoms with Crippen LogP contribution in [0.25, 0.3) is 21.8 Å². The molecule has 1 atom stereocenters. The minimum Gasteiger partial charge on any atom is -0.455 e. The van der Waals surface area contributed by atoms with Crippen molar-refractivity contribution in [1.29, 1.82) is 0 Å². The van der Waals surface area contributed by atoms with E-state index in [2.05, 4.69) is 113 Å². The molecule has 2 nitrogen and oxygen atoms in total. The largest absolute Gasteiger partial charge is 0.455 e. The summed E-state index contributed by atoms with van der Waals surface area (Å²) in [5.74, 6) is 2.37. The summed E-state index contributed by atoms with van der Waals surface area (Å²) in [6.07, 6.45) is 1.11. The number of nitrogens with zero attached hydrogens (tertiary/aromatic N) is 1. The van der Waals surface area contributed by atoms with Gasteiger partial charge < -0.3 is 9.30 Å². The van der Waals surface area contributed by atoms with Crippen LogP contribution in [0.4, 0.5) is 0 Å². The number of rotatable bonds is 4. The molecule has 0 saturated heterocycles. The van der Waals surface area contributed by atoms with Crippen molar-refractivity contribution in [3.63, 3.8) is 0 Å². The summed E-state index contributed by atoms with van der Waals surface area (Å²) in [7, 11) is 2.20. The number of benzene rings is 4. The Labute approximate surface area is 218 Å². The summed E-state index contributed by atoms with van der Waals surface area (Å²) in [4.78, 5) is 2.35. The number of aryl methyl sites for hydroxylation is 2. The Hall–Kier alpha value is -3.17. The molecule has 182 valence electrons. The van der Waals surface area contributed by atoms with Crippen LogP contribution in [0.5, 0.6) is 11.5 Å². The molecule has 36 heavy (non-hydrogen) atoms. The van der Waals surface area contributed by atoms with E-state index in [4.69, 9.17) is 4.74 Å². The van der Waals surface area contributed by atoms with Crippen LogP contribution in [0.1, 0.15) is 62.3 Å². The van der Waals surface area contributed by atoms with E-state index in [0.29, 0.717) is 5.92 Å². The lowest BCUT2D eigenvalue weighted by atomic mass is 9.72. The molecule has 0 fully saturated rings. The maximum absolute atomic E-state index is 6.38. The molecule has 0 spiro atoms. The zero-order valence-electron chi connectivity index (χ0n) is 22.0. The van der Waals surface area contributed by atoms with E-state index < -0.39 is 0 Å². The summed E-state index contributed by atoms with van der Waals surface area (Å²) in [5.41, 5.74) is 8.03. The molecular formula is C33H33NOS. The lowest BCUT2D eigenvalue weighted by Gasteiger charge is -2.32. The highest BCUT2D eigenvalue weighted by Crippen LogP contribution is 2.50. The van der Waals surface area contributed by atoms with Gasteiger partial charge in [-0.3, -0.25) is 0 Å². The lowest BCUT2D eigenvalue weighted by Crippen LogP contribution is -2.23. The Morgan fingerprint density at radius 2 is 1.53 bits per heavy atom. The van der Waals surface area contributed by atoms with Crippen LogP contribution < -0.4 is 4.74 Å². The van der Waals surface area contributed by atoms with Crippen LogP contribution in [-0.4, -0.2) is 4.57 Å². The van der Waals surface area contributed by atoms with Crippen molar-refractivity contribution in [2.75, 3.05) is 0 Å². The molecule has 1 aliphatic heterocycles. The van der Waals surface area contributed by atoms with Gasteiger partial charge in [-0.1, -0.05) is 75.9 Å². The summed E-state index contributed by atoms with van der Waals surface area (Å²) >= 11 is 1.80. The van der Waals surface area contributed by atoms with Crippen LogP contribution in [-0.2, 0) is 12.5 Å². The van der Waals surface area contributed by atoms with Crippen LogP contribution in [0.15, 0.2) is 82.6 Å². The Bertz CT molecular complexity index is 1640. The fourth-order valence-electron chi connectivity index (χ4n) is 5.87. The quantitative estimate of drug-likeness (QED) is 0.244. The molecule has 0 N–H and O–H groups in total. The summed E-state index contributed by atoms with van der Waals surface area (Å²) in [6, 6.07) is 26.6. The van der Waals surface area contributed by atoms with Gasteiger partial charge in [0.25, 0.3) is 0 Å². The second kappa shape index (κ2) is 8.45. The average molecular weight is 492 g/mol. The van der Waals surface area contributed by atoms with Crippen LogP contribution >= 0.6 is 11.8 Å². The van der Waals surface area contributed by atoms with E-state index in [1.807, 2.05) is 6.07 Å². The number of hydrogen-bond donors (Lipinski definition) is 0. The third kappa shape index (κ3) is 3.48. The first-order valence-corrected chi connectivity index (χ1v) is 13.7. The maximum atomic E-state index is 6.38. The molecule has 0 bridgehead atoms. The Morgan fingerprint density at radius 3 is 2.31 bits per heavy atom. The Morgan fingerprint density at radius 1 is 0.833 bits per heavy atom. The van der Waals surface area contributed by atoms with Gasteiger partial charge in [-0.25, -0.2) is 0 Å². The van der Waals surface area contributed by atoms with Crippen molar-refractivity contribution >= 4 is 33.6 Å². The smallest absolute Gasteiger partial charge is 0.142 e. The molecule has 0 aliphatic carbocycles. The lowest BCUT2D eigenvalue weighted by molar-refractivity contribution is 0.455. The van der Waals surface area contributed by atoms with Gasteiger partial charge in [0.05, 0.1) is 15.3 Å². The second-order valence-electron chi connectivity index (χ2n) is 10.7. The highest BCUT2D eigenvalue weighted by molar-refractivity contribution is 7.99. The van der Waals surface area contributed by atoms with Gasteiger partial charge in [0.2, 0.25) is 0 Å². The van der Waals surface area contributed by atoms with Crippen molar-refractivity contribution in [2.45, 2.75) is 62.2 Å². The molecule has 6 rings (SSSR count). The third-order valence-corrected chi connectivity index (χ3v) is 9.26. The van der Waals surface area contributed by atoms with Gasteiger partial charge in [-0.15, -0.1) is 0 Å². The van der Waals surface area contributed by atoms with Crippen molar-refractivity contribution in [3.8, 4) is 11.5 Å². The van der Waals surface area contributed by atoms with Crippen LogP contribution in [0.3, 0.4) is 0 Å². The topological polar surface area (TPSA) is 14.2 Å². The molecule has 1 aliphatic rings. The molecule has 2 heterocycles. The summed E-state index contributed by atoms with van der Waals surface area (Å²) in [6.45, 7) is 11.6. The van der Waals surface area contributed by atoms with Gasteiger partial charge in [0.1, 0.15) is 11.5 Å². The monoisotopic (exact) mass is 491 g/mol. The molecule has 4 aromatic carbocycles. The predicted molar refractivity (Wildman–Crippen MR) is 153 cm³/mol. The van der Waals surface area contributed by atoms with Gasteiger partial charge in [0.15, 0.2) is 0 Å². The molecule has 0 saturated carbocycles. The predicted octanol–water partition coefficient (Wildman–Crippen LogP) is 9.74. The summed E-state index contributed by atoms with van der Waals surface area (Å²) < 4.78 is 8.74. The van der Waals surface area contributed by atoms with E-state index in [1.54, 1.807) is 11.8 Å². The van der Waals surface area contributed by atoms with Gasteiger partial charge >= 0.3 is 0 Å². The molecule has 0 amide bonds. The number of aromatic nitrogens is 1. The molecule has 1 aromatic heterocycles. The first kappa shape index (κ1) is 23.2. The zero-order valence-corrected chi connectivity index (χ0v) is 22.8. The van der Waals surface area contributed by atoms with Crippen LogP contribution in [0, 0.1) is 6.92 Å². The third-order valence-electron chi connectivity index (χ3n) is 8.17. The minimum absolute atomic E-state index is 0.111. The van der Waals surface area contributed by atoms with Gasteiger partial charge in [-0.2, -0.15) is 0 Å². The van der Waals surface area contributed by atoms with Gasteiger partial charge in [0, 0.05) is 28.8 Å². The van der Waals surface area contributed by atoms with Crippen LogP contribution in [0.2, 0.25) is 0 Å². The van der Waals surface area contributed by atoms with Crippen molar-refractivity contribution in [1.82, 2.24) is 4.57 Å². The van der Waals surface area contributed by atoms with Gasteiger partial charge in [-0.05, 0) is 77.9 Å². The number of para-hydroxylation sites is 1. The standard InChI is InChI=1S/C33H33NOS/c1-7-20(2)22-17-27-23(16-26(22)33(4,5)25-13-9-8-12-21(25)3)24-18-30-32(19-28(24)34(27)6)36-31-15-11-10-14-29(31)35-30/h8-20H,7H2,1-6H3. The fourth-order valence-corrected chi connectivity index (χ4v) is 6.84. The minimum atomic E-state index is -0.111. The molecule has 5 aromatic rings. The summed E-state index contributed by atoms with van der Waals surface area (Å²) in [5, 5.41) is 2.55. The average Bonchev–Trinajstić information content (AvgIpc) is 3.15. The molecule has 1 unspecified atom stereocenters. The van der Waals surface area contributed by atoms with Crippen molar-refractivity contribution in [2.24, 2.45) is 7.05 Å². The Balaban J connectivity index is 1.62. The first-order valence-electron chi connectivity index (χ1n) is 12.9. The van der Waals surface area contributed by atoms with E-state index >= 15 is 0 Å². The first-order chi connectivity index (χ1) is 17.3. The number of hydrogen-bond acceptors (Lipinski definition) is 2.